The van der Waals surface area contributed by atoms with Crippen molar-refractivity contribution in [2.24, 2.45) is 5.92 Å². The molecule has 1 fully saturated rings. The number of anilines is 1. The monoisotopic (exact) mass is 317 g/mol. The number of alkyl halides is 3. The number of amides is 1. The standard InChI is InChI=1S/C14H14F3NO4/c1-21-9-3-4-11(10(6-9)14(15,16)17)18-7-8(5-12(18)19)13(20)22-2/h3-4,6,8H,5,7H2,1-2H3. The third-order valence-corrected chi connectivity index (χ3v) is 3.46. The zero-order valence-corrected chi connectivity index (χ0v) is 11.9. The van der Waals surface area contributed by atoms with Crippen molar-refractivity contribution in [3.63, 3.8) is 0 Å². The Kier molecular flexibility index (Phi) is 4.30. The zero-order valence-electron chi connectivity index (χ0n) is 11.9. The highest BCUT2D eigenvalue weighted by Gasteiger charge is 2.41. The van der Waals surface area contributed by atoms with Gasteiger partial charge in [-0.25, -0.2) is 0 Å². The molecule has 120 valence electrons. The molecule has 22 heavy (non-hydrogen) atoms. The Hall–Kier alpha value is -2.25. The molecule has 0 spiro atoms. The van der Waals surface area contributed by atoms with Crippen molar-refractivity contribution >= 4 is 17.6 Å². The van der Waals surface area contributed by atoms with Gasteiger partial charge < -0.3 is 14.4 Å². The van der Waals surface area contributed by atoms with Crippen molar-refractivity contribution in [3.05, 3.63) is 23.8 Å². The van der Waals surface area contributed by atoms with E-state index in [4.69, 9.17) is 4.74 Å². The highest BCUT2D eigenvalue weighted by Crippen LogP contribution is 2.40. The van der Waals surface area contributed by atoms with E-state index >= 15 is 0 Å². The van der Waals surface area contributed by atoms with E-state index in [-0.39, 0.29) is 24.4 Å². The molecule has 1 unspecified atom stereocenters. The largest absolute Gasteiger partial charge is 0.497 e. The van der Waals surface area contributed by atoms with E-state index in [1.54, 1.807) is 0 Å². The first kappa shape index (κ1) is 16.1. The lowest BCUT2D eigenvalue weighted by Gasteiger charge is -2.22. The average Bonchev–Trinajstić information content (AvgIpc) is 2.86. The van der Waals surface area contributed by atoms with Crippen LogP contribution in [0.1, 0.15) is 12.0 Å². The molecule has 1 aromatic rings. The van der Waals surface area contributed by atoms with Crippen molar-refractivity contribution in [1.29, 1.82) is 0 Å². The highest BCUT2D eigenvalue weighted by molar-refractivity contribution is 6.00. The first-order valence-corrected chi connectivity index (χ1v) is 6.41. The lowest BCUT2D eigenvalue weighted by atomic mass is 10.1. The van der Waals surface area contributed by atoms with Gasteiger partial charge >= 0.3 is 12.1 Å². The van der Waals surface area contributed by atoms with Gasteiger partial charge in [0.25, 0.3) is 0 Å². The number of carbonyl (C=O) groups is 2. The number of hydrogen-bond donors (Lipinski definition) is 0. The highest BCUT2D eigenvalue weighted by atomic mass is 19.4. The molecule has 1 aromatic carbocycles. The molecule has 1 aliphatic heterocycles. The van der Waals surface area contributed by atoms with E-state index in [0.29, 0.717) is 0 Å². The van der Waals surface area contributed by atoms with Crippen molar-refractivity contribution in [2.45, 2.75) is 12.6 Å². The van der Waals surface area contributed by atoms with Crippen molar-refractivity contribution in [1.82, 2.24) is 0 Å². The molecular weight excluding hydrogens is 303 g/mol. The van der Waals surface area contributed by atoms with Crippen LogP contribution in [0.25, 0.3) is 0 Å². The molecule has 1 amide bonds. The number of hydrogen-bond acceptors (Lipinski definition) is 4. The van der Waals surface area contributed by atoms with Crippen molar-refractivity contribution in [3.8, 4) is 5.75 Å². The maximum absolute atomic E-state index is 13.2. The second-order valence-corrected chi connectivity index (χ2v) is 4.81. The van der Waals surface area contributed by atoms with Gasteiger partial charge in [0, 0.05) is 13.0 Å². The summed E-state index contributed by atoms with van der Waals surface area (Å²) in [7, 11) is 2.42. The van der Waals surface area contributed by atoms with E-state index in [2.05, 4.69) is 4.74 Å². The lowest BCUT2D eigenvalue weighted by molar-refractivity contribution is -0.145. The number of methoxy groups -OCH3 is 2. The number of nitrogens with zero attached hydrogens (tertiary/aromatic N) is 1. The summed E-state index contributed by atoms with van der Waals surface area (Å²) >= 11 is 0. The zero-order chi connectivity index (χ0) is 16.5. The Bertz CT molecular complexity index is 600. The second-order valence-electron chi connectivity index (χ2n) is 4.81. The summed E-state index contributed by atoms with van der Waals surface area (Å²) < 4.78 is 48.9. The van der Waals surface area contributed by atoms with Crippen LogP contribution in [-0.2, 0) is 20.5 Å². The first-order valence-electron chi connectivity index (χ1n) is 6.41. The fraction of sp³-hybridized carbons (Fsp3) is 0.429. The van der Waals surface area contributed by atoms with Crippen LogP contribution in [0.2, 0.25) is 0 Å². The summed E-state index contributed by atoms with van der Waals surface area (Å²) in [5.41, 5.74) is -1.27. The third-order valence-electron chi connectivity index (χ3n) is 3.46. The van der Waals surface area contributed by atoms with E-state index in [1.165, 1.54) is 26.4 Å². The quantitative estimate of drug-likeness (QED) is 0.802. The lowest BCUT2D eigenvalue weighted by Crippen LogP contribution is -2.28. The van der Waals surface area contributed by atoms with Crippen LogP contribution in [0.3, 0.4) is 0 Å². The van der Waals surface area contributed by atoms with Crippen LogP contribution >= 0.6 is 0 Å². The molecule has 0 saturated carbocycles. The topological polar surface area (TPSA) is 55.8 Å². The molecular formula is C14H14F3NO4. The van der Waals surface area contributed by atoms with Crippen LogP contribution < -0.4 is 9.64 Å². The number of halogens is 3. The fourth-order valence-electron chi connectivity index (χ4n) is 2.37. The van der Waals surface area contributed by atoms with Gasteiger partial charge in [-0.15, -0.1) is 0 Å². The maximum Gasteiger partial charge on any atom is 0.418 e. The molecule has 0 aliphatic carbocycles. The molecule has 8 heteroatoms. The Morgan fingerprint density at radius 3 is 2.55 bits per heavy atom. The van der Waals surface area contributed by atoms with E-state index in [9.17, 15) is 22.8 Å². The first-order chi connectivity index (χ1) is 10.3. The molecule has 0 aromatic heterocycles. The summed E-state index contributed by atoms with van der Waals surface area (Å²) in [5, 5.41) is 0. The number of ether oxygens (including phenoxy) is 2. The molecule has 0 radical (unpaired) electrons. The van der Waals surface area contributed by atoms with Crippen molar-refractivity contribution < 1.29 is 32.2 Å². The van der Waals surface area contributed by atoms with Crippen LogP contribution in [0, 0.1) is 5.92 Å². The number of carbonyl (C=O) groups excluding carboxylic acids is 2. The Morgan fingerprint density at radius 2 is 2.00 bits per heavy atom. The molecule has 1 saturated heterocycles. The van der Waals surface area contributed by atoms with Gasteiger partial charge in [0.1, 0.15) is 5.75 Å². The molecule has 0 N–H and O–H groups in total. The van der Waals surface area contributed by atoms with Crippen LogP contribution in [0.4, 0.5) is 18.9 Å². The predicted octanol–water partition coefficient (Wildman–Crippen LogP) is 2.24. The van der Waals surface area contributed by atoms with Gasteiger partial charge in [-0.1, -0.05) is 0 Å². The summed E-state index contributed by atoms with van der Waals surface area (Å²) in [6.07, 6.45) is -4.82. The Labute approximate surface area is 124 Å². The number of rotatable bonds is 3. The number of benzene rings is 1. The minimum Gasteiger partial charge on any atom is -0.497 e. The predicted molar refractivity (Wildman–Crippen MR) is 70.5 cm³/mol. The Morgan fingerprint density at radius 1 is 1.32 bits per heavy atom. The smallest absolute Gasteiger partial charge is 0.418 e. The van der Waals surface area contributed by atoms with E-state index in [0.717, 1.165) is 11.0 Å². The van der Waals surface area contributed by atoms with Gasteiger partial charge in [0.05, 0.1) is 31.4 Å². The summed E-state index contributed by atoms with van der Waals surface area (Å²) in [5.74, 6) is -1.89. The minimum atomic E-state index is -4.65. The molecule has 1 aliphatic rings. The minimum absolute atomic E-state index is 0.0345. The second kappa shape index (κ2) is 5.86. The van der Waals surface area contributed by atoms with Crippen LogP contribution in [-0.4, -0.2) is 32.6 Å². The summed E-state index contributed by atoms with van der Waals surface area (Å²) in [6.45, 7) is -0.138. The van der Waals surface area contributed by atoms with E-state index in [1.807, 2.05) is 0 Å². The van der Waals surface area contributed by atoms with Gasteiger partial charge in [-0.3, -0.25) is 9.59 Å². The van der Waals surface area contributed by atoms with E-state index < -0.39 is 29.5 Å². The van der Waals surface area contributed by atoms with Crippen LogP contribution in [0.15, 0.2) is 18.2 Å². The van der Waals surface area contributed by atoms with Gasteiger partial charge in [-0.05, 0) is 18.2 Å². The van der Waals surface area contributed by atoms with Crippen LogP contribution in [0.5, 0.6) is 5.75 Å². The molecule has 2 rings (SSSR count). The van der Waals surface area contributed by atoms with Gasteiger partial charge in [0.15, 0.2) is 0 Å². The van der Waals surface area contributed by atoms with Gasteiger partial charge in [0.2, 0.25) is 5.91 Å². The summed E-state index contributed by atoms with van der Waals surface area (Å²) in [4.78, 5) is 24.4. The van der Waals surface area contributed by atoms with Crippen molar-refractivity contribution in [2.75, 3.05) is 25.7 Å². The normalized spacial score (nSPS) is 18.5. The maximum atomic E-state index is 13.2. The number of esters is 1. The van der Waals surface area contributed by atoms with Gasteiger partial charge in [-0.2, -0.15) is 13.2 Å². The molecule has 0 bridgehead atoms. The summed E-state index contributed by atoms with van der Waals surface area (Å²) in [6, 6.07) is 3.33. The average molecular weight is 317 g/mol. The molecule has 1 atom stereocenters. The fourth-order valence-corrected chi connectivity index (χ4v) is 2.37. The Balaban J connectivity index is 2.40. The third kappa shape index (κ3) is 3.00. The molecule has 5 nitrogen and oxygen atoms in total. The SMILES string of the molecule is COC(=O)C1CC(=O)N(c2ccc(OC)cc2C(F)(F)F)C1. The molecule has 1 heterocycles.